The fourth-order valence-corrected chi connectivity index (χ4v) is 2.54. The number of fused-ring (bicyclic) bond motifs is 2. The van der Waals surface area contributed by atoms with Crippen molar-refractivity contribution in [1.29, 1.82) is 0 Å². The van der Waals surface area contributed by atoms with E-state index in [4.69, 9.17) is 4.52 Å². The van der Waals surface area contributed by atoms with Crippen LogP contribution in [0.3, 0.4) is 0 Å². The summed E-state index contributed by atoms with van der Waals surface area (Å²) in [6, 6.07) is 6.11. The average molecular weight is 241 g/mol. The molecule has 0 unspecified atom stereocenters. The summed E-state index contributed by atoms with van der Waals surface area (Å²) in [5, 5.41) is 4.06. The lowest BCUT2D eigenvalue weighted by molar-refractivity contribution is 0.0990. The highest BCUT2D eigenvalue weighted by molar-refractivity contribution is 5.99. The van der Waals surface area contributed by atoms with E-state index < -0.39 is 0 Å². The standard InChI is InChI=1S/C15H15NO2/c1-9-3-4-11-5-6-14-12(10(2)18-16-14)8-15(17)13(11)7-9/h3-4,7H,5-6,8H2,1-2H3. The third-order valence-electron chi connectivity index (χ3n) is 3.60. The third kappa shape index (κ3) is 1.76. The monoisotopic (exact) mass is 241 g/mol. The zero-order valence-electron chi connectivity index (χ0n) is 10.6. The first-order valence-corrected chi connectivity index (χ1v) is 6.22. The van der Waals surface area contributed by atoms with Gasteiger partial charge in [-0.25, -0.2) is 0 Å². The molecule has 0 fully saturated rings. The van der Waals surface area contributed by atoms with Gasteiger partial charge in [0.15, 0.2) is 5.78 Å². The van der Waals surface area contributed by atoms with Crippen molar-refractivity contribution >= 4 is 5.78 Å². The maximum Gasteiger partial charge on any atom is 0.167 e. The average Bonchev–Trinajstić information content (AvgIpc) is 2.67. The number of carbonyl (C=O) groups is 1. The minimum atomic E-state index is 0.168. The molecule has 2 aromatic rings. The van der Waals surface area contributed by atoms with Crippen LogP contribution < -0.4 is 0 Å². The molecular weight excluding hydrogens is 226 g/mol. The second-order valence-corrected chi connectivity index (χ2v) is 4.92. The number of benzene rings is 1. The zero-order valence-corrected chi connectivity index (χ0v) is 10.6. The first kappa shape index (κ1) is 11.2. The summed E-state index contributed by atoms with van der Waals surface area (Å²) in [5.74, 6) is 0.940. The van der Waals surface area contributed by atoms with Gasteiger partial charge in [0.05, 0.1) is 5.69 Å². The Morgan fingerprint density at radius 1 is 1.22 bits per heavy atom. The van der Waals surface area contributed by atoms with Crippen LogP contribution in [0.1, 0.15) is 38.5 Å². The van der Waals surface area contributed by atoms with E-state index in [0.717, 1.165) is 46.5 Å². The highest BCUT2D eigenvalue weighted by atomic mass is 16.5. The zero-order chi connectivity index (χ0) is 12.7. The molecule has 1 aromatic heterocycles. The molecule has 0 spiro atoms. The SMILES string of the molecule is Cc1ccc2c(c1)C(=O)Cc1c(noc1C)CC2. The fourth-order valence-electron chi connectivity index (χ4n) is 2.54. The summed E-state index contributed by atoms with van der Waals surface area (Å²) in [7, 11) is 0. The number of nitrogens with zero attached hydrogens (tertiary/aromatic N) is 1. The molecule has 18 heavy (non-hydrogen) atoms. The molecule has 0 saturated heterocycles. The molecule has 92 valence electrons. The highest BCUT2D eigenvalue weighted by Gasteiger charge is 2.22. The van der Waals surface area contributed by atoms with Gasteiger partial charge in [-0.15, -0.1) is 0 Å². The van der Waals surface area contributed by atoms with Gasteiger partial charge < -0.3 is 4.52 Å². The van der Waals surface area contributed by atoms with Crippen LogP contribution in [0, 0.1) is 13.8 Å². The lowest BCUT2D eigenvalue weighted by atomic mass is 9.90. The molecule has 1 heterocycles. The summed E-state index contributed by atoms with van der Waals surface area (Å²) in [6.45, 7) is 3.89. The predicted molar refractivity (Wildman–Crippen MR) is 67.9 cm³/mol. The molecule has 0 aliphatic heterocycles. The molecule has 0 amide bonds. The molecule has 0 bridgehead atoms. The first-order chi connectivity index (χ1) is 8.65. The van der Waals surface area contributed by atoms with Crippen LogP contribution in [0.15, 0.2) is 22.7 Å². The Labute approximate surface area is 106 Å². The summed E-state index contributed by atoms with van der Waals surface area (Å²) in [6.07, 6.45) is 2.09. The summed E-state index contributed by atoms with van der Waals surface area (Å²) >= 11 is 0. The van der Waals surface area contributed by atoms with Crippen molar-refractivity contribution in [2.75, 3.05) is 0 Å². The van der Waals surface area contributed by atoms with Crippen LogP contribution in [0.4, 0.5) is 0 Å². The number of rotatable bonds is 0. The number of Topliss-reactive ketones (excluding diaryl/α,β-unsaturated/α-hetero) is 1. The second-order valence-electron chi connectivity index (χ2n) is 4.92. The van der Waals surface area contributed by atoms with Crippen molar-refractivity contribution in [3.05, 3.63) is 51.9 Å². The molecule has 1 aromatic carbocycles. The smallest absolute Gasteiger partial charge is 0.167 e. The first-order valence-electron chi connectivity index (χ1n) is 6.22. The number of carbonyl (C=O) groups excluding carboxylic acids is 1. The summed E-state index contributed by atoms with van der Waals surface area (Å²) in [5.41, 5.74) is 5.03. The number of ketones is 1. The van der Waals surface area contributed by atoms with Gasteiger partial charge in [0.25, 0.3) is 0 Å². The number of aryl methyl sites for hydroxylation is 4. The Bertz CT molecular complexity index is 625. The van der Waals surface area contributed by atoms with Gasteiger partial charge in [-0.1, -0.05) is 22.9 Å². The maximum atomic E-state index is 12.4. The van der Waals surface area contributed by atoms with E-state index in [1.807, 2.05) is 19.9 Å². The Hall–Kier alpha value is -1.90. The third-order valence-corrected chi connectivity index (χ3v) is 3.60. The van der Waals surface area contributed by atoms with Crippen LogP contribution in [-0.2, 0) is 19.3 Å². The quantitative estimate of drug-likeness (QED) is 0.712. The van der Waals surface area contributed by atoms with Gasteiger partial charge in [0, 0.05) is 17.5 Å². The van der Waals surface area contributed by atoms with Crippen molar-refractivity contribution in [2.24, 2.45) is 0 Å². The van der Waals surface area contributed by atoms with Crippen molar-refractivity contribution in [1.82, 2.24) is 5.16 Å². The van der Waals surface area contributed by atoms with E-state index in [1.165, 1.54) is 0 Å². The van der Waals surface area contributed by atoms with Gasteiger partial charge in [0.2, 0.25) is 0 Å². The van der Waals surface area contributed by atoms with Crippen LogP contribution in [0.2, 0.25) is 0 Å². The maximum absolute atomic E-state index is 12.4. The van der Waals surface area contributed by atoms with E-state index in [2.05, 4.69) is 17.3 Å². The van der Waals surface area contributed by atoms with Gasteiger partial charge in [-0.3, -0.25) is 4.79 Å². The molecule has 1 aliphatic carbocycles. The van der Waals surface area contributed by atoms with E-state index in [-0.39, 0.29) is 5.78 Å². The predicted octanol–water partition coefficient (Wildman–Crippen LogP) is 2.82. The number of aromatic nitrogens is 1. The Balaban J connectivity index is 2.08. The minimum absolute atomic E-state index is 0.168. The topological polar surface area (TPSA) is 43.1 Å². The molecule has 0 radical (unpaired) electrons. The molecular formula is C15H15NO2. The van der Waals surface area contributed by atoms with Crippen LogP contribution in [-0.4, -0.2) is 10.9 Å². The fraction of sp³-hybridized carbons (Fsp3) is 0.333. The lowest BCUT2D eigenvalue weighted by Crippen LogP contribution is -2.13. The molecule has 3 rings (SSSR count). The molecule has 0 saturated carbocycles. The van der Waals surface area contributed by atoms with Crippen molar-refractivity contribution in [3.63, 3.8) is 0 Å². The van der Waals surface area contributed by atoms with Crippen molar-refractivity contribution in [2.45, 2.75) is 33.1 Å². The minimum Gasteiger partial charge on any atom is -0.361 e. The van der Waals surface area contributed by atoms with Crippen molar-refractivity contribution < 1.29 is 9.32 Å². The van der Waals surface area contributed by atoms with Crippen LogP contribution >= 0.6 is 0 Å². The van der Waals surface area contributed by atoms with Gasteiger partial charge in [-0.05, 0) is 38.3 Å². The molecule has 3 heteroatoms. The summed E-state index contributed by atoms with van der Waals surface area (Å²) in [4.78, 5) is 12.4. The largest absolute Gasteiger partial charge is 0.361 e. The summed E-state index contributed by atoms with van der Waals surface area (Å²) < 4.78 is 5.20. The van der Waals surface area contributed by atoms with E-state index >= 15 is 0 Å². The highest BCUT2D eigenvalue weighted by Crippen LogP contribution is 2.24. The number of hydrogen-bond acceptors (Lipinski definition) is 3. The molecule has 1 aliphatic rings. The Morgan fingerprint density at radius 3 is 2.89 bits per heavy atom. The van der Waals surface area contributed by atoms with E-state index in [1.54, 1.807) is 0 Å². The van der Waals surface area contributed by atoms with Crippen LogP contribution in [0.5, 0.6) is 0 Å². The normalized spacial score (nSPS) is 14.7. The molecule has 3 nitrogen and oxygen atoms in total. The van der Waals surface area contributed by atoms with Gasteiger partial charge in [0.1, 0.15) is 5.76 Å². The molecule has 0 N–H and O–H groups in total. The van der Waals surface area contributed by atoms with E-state index in [0.29, 0.717) is 6.42 Å². The Kier molecular flexibility index (Phi) is 2.54. The second kappa shape index (κ2) is 4.09. The van der Waals surface area contributed by atoms with E-state index in [9.17, 15) is 4.79 Å². The van der Waals surface area contributed by atoms with Crippen LogP contribution in [0.25, 0.3) is 0 Å². The van der Waals surface area contributed by atoms with Gasteiger partial charge >= 0.3 is 0 Å². The number of hydrogen-bond donors (Lipinski definition) is 0. The molecule has 0 atom stereocenters. The Morgan fingerprint density at radius 2 is 2.06 bits per heavy atom. The lowest BCUT2D eigenvalue weighted by Gasteiger charge is -2.13. The van der Waals surface area contributed by atoms with Gasteiger partial charge in [-0.2, -0.15) is 0 Å². The van der Waals surface area contributed by atoms with Crippen molar-refractivity contribution in [3.8, 4) is 0 Å².